The van der Waals surface area contributed by atoms with Gasteiger partial charge in [-0.15, -0.1) is 0 Å². The van der Waals surface area contributed by atoms with Gasteiger partial charge in [-0.1, -0.05) is 31.2 Å². The van der Waals surface area contributed by atoms with E-state index >= 15 is 0 Å². The van der Waals surface area contributed by atoms with E-state index in [2.05, 4.69) is 36.5 Å². The van der Waals surface area contributed by atoms with Gasteiger partial charge in [0.05, 0.1) is 0 Å². The van der Waals surface area contributed by atoms with Gasteiger partial charge in [-0.05, 0) is 37.3 Å². The summed E-state index contributed by atoms with van der Waals surface area (Å²) < 4.78 is 0. The lowest BCUT2D eigenvalue weighted by Gasteiger charge is -2.12. The van der Waals surface area contributed by atoms with Crippen LogP contribution in [0.4, 0.5) is 0 Å². The Morgan fingerprint density at radius 3 is 2.44 bits per heavy atom. The molecule has 0 radical (unpaired) electrons. The largest absolute Gasteiger partial charge is 0.396 e. The number of nitrogens with one attached hydrogen (secondary N) is 1. The van der Waals surface area contributed by atoms with Crippen LogP contribution in [0, 0.1) is 0 Å². The van der Waals surface area contributed by atoms with Crippen molar-refractivity contribution in [1.29, 1.82) is 0 Å². The van der Waals surface area contributed by atoms with Gasteiger partial charge in [0.1, 0.15) is 0 Å². The van der Waals surface area contributed by atoms with Crippen LogP contribution < -0.4 is 5.32 Å². The van der Waals surface area contributed by atoms with E-state index in [0.717, 1.165) is 12.8 Å². The SMILES string of the molecule is CCc1ccc(CCC(=O)NC(C)CCO)cc1. The monoisotopic (exact) mass is 249 g/mol. The van der Waals surface area contributed by atoms with Crippen molar-refractivity contribution < 1.29 is 9.90 Å². The van der Waals surface area contributed by atoms with Crippen molar-refractivity contribution in [3.05, 3.63) is 35.4 Å². The van der Waals surface area contributed by atoms with E-state index < -0.39 is 0 Å². The molecule has 0 bridgehead atoms. The molecule has 0 spiro atoms. The van der Waals surface area contributed by atoms with Crippen molar-refractivity contribution in [3.63, 3.8) is 0 Å². The lowest BCUT2D eigenvalue weighted by Crippen LogP contribution is -2.33. The van der Waals surface area contributed by atoms with E-state index in [-0.39, 0.29) is 18.6 Å². The van der Waals surface area contributed by atoms with Crippen LogP contribution >= 0.6 is 0 Å². The zero-order valence-corrected chi connectivity index (χ0v) is 11.3. The smallest absolute Gasteiger partial charge is 0.220 e. The van der Waals surface area contributed by atoms with Gasteiger partial charge >= 0.3 is 0 Å². The second-order valence-corrected chi connectivity index (χ2v) is 4.65. The van der Waals surface area contributed by atoms with Crippen LogP contribution in [0.1, 0.15) is 37.8 Å². The maximum absolute atomic E-state index is 11.6. The normalized spacial score (nSPS) is 12.2. The molecule has 0 aromatic heterocycles. The fourth-order valence-electron chi connectivity index (χ4n) is 1.81. The number of aryl methyl sites for hydroxylation is 2. The minimum atomic E-state index is 0.0463. The van der Waals surface area contributed by atoms with Gasteiger partial charge in [-0.2, -0.15) is 0 Å². The molecular weight excluding hydrogens is 226 g/mol. The summed E-state index contributed by atoms with van der Waals surface area (Å²) in [5, 5.41) is 11.6. The zero-order chi connectivity index (χ0) is 13.4. The van der Waals surface area contributed by atoms with Crippen LogP contribution in [-0.4, -0.2) is 23.7 Å². The van der Waals surface area contributed by atoms with Gasteiger partial charge in [0.15, 0.2) is 0 Å². The van der Waals surface area contributed by atoms with Crippen molar-refractivity contribution in [2.75, 3.05) is 6.61 Å². The van der Waals surface area contributed by atoms with E-state index in [1.807, 2.05) is 6.92 Å². The van der Waals surface area contributed by atoms with Gasteiger partial charge < -0.3 is 10.4 Å². The predicted molar refractivity (Wildman–Crippen MR) is 73.4 cm³/mol. The molecule has 1 atom stereocenters. The van der Waals surface area contributed by atoms with Crippen LogP contribution in [0.15, 0.2) is 24.3 Å². The fraction of sp³-hybridized carbons (Fsp3) is 0.533. The summed E-state index contributed by atoms with van der Waals surface area (Å²) in [6.07, 6.45) is 2.92. The summed E-state index contributed by atoms with van der Waals surface area (Å²) in [5.74, 6) is 0.0514. The molecule has 1 rings (SSSR count). The summed E-state index contributed by atoms with van der Waals surface area (Å²) in [6.45, 7) is 4.15. The van der Waals surface area contributed by atoms with Crippen LogP contribution in [0.3, 0.4) is 0 Å². The summed E-state index contributed by atoms with van der Waals surface area (Å²) in [7, 11) is 0. The predicted octanol–water partition coefficient (Wildman–Crippen LogP) is 2.07. The second-order valence-electron chi connectivity index (χ2n) is 4.65. The van der Waals surface area contributed by atoms with Crippen molar-refractivity contribution in [2.45, 2.75) is 45.6 Å². The summed E-state index contributed by atoms with van der Waals surface area (Å²) in [5.41, 5.74) is 2.51. The van der Waals surface area contributed by atoms with Gasteiger partial charge in [0.2, 0.25) is 5.91 Å². The van der Waals surface area contributed by atoms with Gasteiger partial charge in [0, 0.05) is 19.1 Å². The van der Waals surface area contributed by atoms with Crippen molar-refractivity contribution in [2.24, 2.45) is 0 Å². The third-order valence-electron chi connectivity index (χ3n) is 3.04. The van der Waals surface area contributed by atoms with E-state index in [9.17, 15) is 4.79 Å². The molecule has 0 saturated carbocycles. The number of amides is 1. The molecule has 0 aliphatic carbocycles. The Bertz CT molecular complexity index is 359. The highest BCUT2D eigenvalue weighted by Gasteiger charge is 2.06. The minimum Gasteiger partial charge on any atom is -0.396 e. The van der Waals surface area contributed by atoms with Crippen molar-refractivity contribution >= 4 is 5.91 Å². The topological polar surface area (TPSA) is 49.3 Å². The molecule has 0 fully saturated rings. The number of carbonyl (C=O) groups excluding carboxylic acids is 1. The standard InChI is InChI=1S/C15H23NO2/c1-3-13-4-6-14(7-5-13)8-9-15(18)16-12(2)10-11-17/h4-7,12,17H,3,8-11H2,1-2H3,(H,16,18). The quantitative estimate of drug-likeness (QED) is 0.777. The van der Waals surface area contributed by atoms with Crippen molar-refractivity contribution in [3.8, 4) is 0 Å². The van der Waals surface area contributed by atoms with Gasteiger partial charge in [-0.3, -0.25) is 4.79 Å². The Kier molecular flexibility index (Phi) is 6.44. The number of hydrogen-bond donors (Lipinski definition) is 2. The molecule has 1 amide bonds. The zero-order valence-electron chi connectivity index (χ0n) is 11.3. The molecule has 2 N–H and O–H groups in total. The first-order chi connectivity index (χ1) is 8.65. The number of hydrogen-bond acceptors (Lipinski definition) is 2. The molecular formula is C15H23NO2. The summed E-state index contributed by atoms with van der Waals surface area (Å²) in [4.78, 5) is 11.6. The first-order valence-corrected chi connectivity index (χ1v) is 6.63. The molecule has 1 aromatic rings. The highest BCUT2D eigenvalue weighted by molar-refractivity contribution is 5.76. The molecule has 3 nitrogen and oxygen atoms in total. The number of carbonyl (C=O) groups is 1. The highest BCUT2D eigenvalue weighted by Crippen LogP contribution is 2.07. The average Bonchev–Trinajstić information content (AvgIpc) is 2.37. The van der Waals surface area contributed by atoms with Crippen LogP contribution in [0.2, 0.25) is 0 Å². The molecule has 1 aromatic carbocycles. The first-order valence-electron chi connectivity index (χ1n) is 6.63. The Labute approximate surface area is 109 Å². The molecule has 0 saturated heterocycles. The number of aliphatic hydroxyl groups excluding tert-OH is 1. The summed E-state index contributed by atoms with van der Waals surface area (Å²) >= 11 is 0. The lowest BCUT2D eigenvalue weighted by molar-refractivity contribution is -0.121. The molecule has 0 aliphatic heterocycles. The molecule has 3 heteroatoms. The molecule has 0 heterocycles. The second kappa shape index (κ2) is 7.88. The molecule has 0 aliphatic rings. The fourth-order valence-corrected chi connectivity index (χ4v) is 1.81. The molecule has 100 valence electrons. The number of rotatable bonds is 7. The Hall–Kier alpha value is -1.35. The lowest BCUT2D eigenvalue weighted by atomic mass is 10.1. The Balaban J connectivity index is 2.33. The highest BCUT2D eigenvalue weighted by atomic mass is 16.3. The third kappa shape index (κ3) is 5.32. The minimum absolute atomic E-state index is 0.0463. The Morgan fingerprint density at radius 2 is 1.89 bits per heavy atom. The molecule has 18 heavy (non-hydrogen) atoms. The molecule has 1 unspecified atom stereocenters. The van der Waals surface area contributed by atoms with Crippen LogP contribution in [0.25, 0.3) is 0 Å². The third-order valence-corrected chi connectivity index (χ3v) is 3.04. The van der Waals surface area contributed by atoms with Crippen molar-refractivity contribution in [1.82, 2.24) is 5.32 Å². The van der Waals surface area contributed by atoms with Crippen LogP contribution in [-0.2, 0) is 17.6 Å². The maximum atomic E-state index is 11.6. The van der Waals surface area contributed by atoms with Gasteiger partial charge in [-0.25, -0.2) is 0 Å². The number of aliphatic hydroxyl groups is 1. The first kappa shape index (κ1) is 14.7. The maximum Gasteiger partial charge on any atom is 0.220 e. The van der Waals surface area contributed by atoms with E-state index in [0.29, 0.717) is 12.8 Å². The average molecular weight is 249 g/mol. The van der Waals surface area contributed by atoms with Crippen LogP contribution in [0.5, 0.6) is 0 Å². The Morgan fingerprint density at radius 1 is 1.28 bits per heavy atom. The summed E-state index contributed by atoms with van der Waals surface area (Å²) in [6, 6.07) is 8.44. The van der Waals surface area contributed by atoms with E-state index in [1.54, 1.807) is 0 Å². The van der Waals surface area contributed by atoms with Gasteiger partial charge in [0.25, 0.3) is 0 Å². The van der Waals surface area contributed by atoms with E-state index in [4.69, 9.17) is 5.11 Å². The van der Waals surface area contributed by atoms with E-state index in [1.165, 1.54) is 11.1 Å². The number of benzene rings is 1.